The average Bonchev–Trinajstić information content (AvgIpc) is 2.95. The number of ketones is 1. The van der Waals surface area contributed by atoms with E-state index in [1.807, 2.05) is 6.92 Å². The summed E-state index contributed by atoms with van der Waals surface area (Å²) < 4.78 is 11.4. The molecule has 0 aromatic carbocycles. The Morgan fingerprint density at radius 2 is 2.04 bits per heavy atom. The molecule has 0 unspecified atom stereocenters. The molecule has 0 bridgehead atoms. The second-order valence-corrected chi connectivity index (χ2v) is 9.17. The topological polar surface area (TPSA) is 52.6 Å². The number of hydrogen-bond donors (Lipinski definition) is 0. The van der Waals surface area contributed by atoms with E-state index < -0.39 is 0 Å². The van der Waals surface area contributed by atoms with Crippen LogP contribution in [0.3, 0.4) is 0 Å². The highest BCUT2D eigenvalue weighted by Crippen LogP contribution is 2.63. The van der Waals surface area contributed by atoms with Crippen molar-refractivity contribution >= 4 is 11.8 Å². The summed E-state index contributed by atoms with van der Waals surface area (Å²) in [5, 5.41) is 0. The molecule has 0 aliphatic heterocycles. The van der Waals surface area contributed by atoms with E-state index in [4.69, 9.17) is 9.47 Å². The molecule has 0 aromatic heterocycles. The van der Waals surface area contributed by atoms with Gasteiger partial charge < -0.3 is 9.47 Å². The van der Waals surface area contributed by atoms with Crippen molar-refractivity contribution in [3.63, 3.8) is 0 Å². The van der Waals surface area contributed by atoms with Gasteiger partial charge in [-0.2, -0.15) is 0 Å². The third-order valence-corrected chi connectivity index (χ3v) is 8.04. The molecule has 0 aromatic rings. The van der Waals surface area contributed by atoms with Crippen LogP contribution in [0.25, 0.3) is 0 Å². The van der Waals surface area contributed by atoms with Gasteiger partial charge in [-0.3, -0.25) is 9.59 Å². The Morgan fingerprint density at radius 3 is 2.78 bits per heavy atom. The first-order valence-electron chi connectivity index (χ1n) is 10.6. The second-order valence-electron chi connectivity index (χ2n) is 9.17. The van der Waals surface area contributed by atoms with Crippen molar-refractivity contribution in [3.8, 4) is 0 Å². The zero-order chi connectivity index (χ0) is 19.2. The third-order valence-electron chi connectivity index (χ3n) is 8.04. The molecule has 0 saturated heterocycles. The summed E-state index contributed by atoms with van der Waals surface area (Å²) in [5.74, 6) is 2.81. The average molecular weight is 373 g/mol. The molecule has 4 aliphatic rings. The van der Waals surface area contributed by atoms with Crippen LogP contribution >= 0.6 is 0 Å². The summed E-state index contributed by atoms with van der Waals surface area (Å²) in [6.45, 7) is 6.87. The van der Waals surface area contributed by atoms with E-state index in [-0.39, 0.29) is 16.8 Å². The molecule has 148 valence electrons. The minimum absolute atomic E-state index is 0.109. The highest BCUT2D eigenvalue weighted by molar-refractivity contribution is 5.87. The van der Waals surface area contributed by atoms with Crippen LogP contribution in [-0.4, -0.2) is 25.0 Å². The van der Waals surface area contributed by atoms with E-state index in [0.29, 0.717) is 36.8 Å². The molecule has 0 radical (unpaired) electrons. The predicted octanol–water partition coefficient (Wildman–Crippen LogP) is 4.59. The zero-order valence-corrected chi connectivity index (χ0v) is 16.9. The lowest BCUT2D eigenvalue weighted by molar-refractivity contribution is -0.148. The first kappa shape index (κ1) is 18.8. The monoisotopic (exact) mass is 372 g/mol. The molecule has 0 spiro atoms. The molecule has 0 N–H and O–H groups in total. The van der Waals surface area contributed by atoms with E-state index >= 15 is 0 Å². The Hall–Kier alpha value is -1.58. The molecule has 2 fully saturated rings. The van der Waals surface area contributed by atoms with Gasteiger partial charge in [-0.15, -0.1) is 0 Å². The molecule has 4 nitrogen and oxygen atoms in total. The van der Waals surface area contributed by atoms with Gasteiger partial charge in [0.25, 0.3) is 0 Å². The van der Waals surface area contributed by atoms with E-state index in [1.54, 1.807) is 0 Å². The molecule has 0 heterocycles. The van der Waals surface area contributed by atoms with Gasteiger partial charge in [0.2, 0.25) is 0 Å². The minimum Gasteiger partial charge on any atom is -0.498 e. The van der Waals surface area contributed by atoms with E-state index in [9.17, 15) is 9.59 Å². The third kappa shape index (κ3) is 2.87. The maximum atomic E-state index is 12.6. The van der Waals surface area contributed by atoms with Crippen molar-refractivity contribution in [2.75, 3.05) is 13.2 Å². The van der Waals surface area contributed by atoms with Crippen molar-refractivity contribution in [2.24, 2.45) is 28.6 Å². The summed E-state index contributed by atoms with van der Waals surface area (Å²) in [5.41, 5.74) is 1.06. The number of carbonyl (C=O) groups is 2. The van der Waals surface area contributed by atoms with Gasteiger partial charge in [0.05, 0.1) is 12.4 Å². The lowest BCUT2D eigenvalue weighted by atomic mass is 9.48. The highest BCUT2D eigenvalue weighted by atomic mass is 16.5. The summed E-state index contributed by atoms with van der Waals surface area (Å²) in [6.07, 6.45) is 11.3. The van der Waals surface area contributed by atoms with Crippen LogP contribution in [-0.2, 0) is 19.1 Å². The van der Waals surface area contributed by atoms with Gasteiger partial charge in [0, 0.05) is 30.6 Å². The number of Topliss-reactive ketones (excluding diaryl/α,β-unsaturated/α-hetero) is 1. The smallest absolute Gasteiger partial charge is 0.302 e. The summed E-state index contributed by atoms with van der Waals surface area (Å²) >= 11 is 0. The number of esters is 1. The molecular weight excluding hydrogens is 340 g/mol. The predicted molar refractivity (Wildman–Crippen MR) is 103 cm³/mol. The van der Waals surface area contributed by atoms with Crippen LogP contribution in [0.15, 0.2) is 23.5 Å². The van der Waals surface area contributed by atoms with Gasteiger partial charge in [-0.1, -0.05) is 13.0 Å². The van der Waals surface area contributed by atoms with Gasteiger partial charge in [-0.25, -0.2) is 0 Å². The van der Waals surface area contributed by atoms with E-state index in [0.717, 1.165) is 50.7 Å². The van der Waals surface area contributed by atoms with Crippen LogP contribution in [0, 0.1) is 28.6 Å². The number of rotatable bonds is 4. The Labute approximate surface area is 162 Å². The maximum absolute atomic E-state index is 12.6. The minimum atomic E-state index is -0.206. The number of carbonyl (C=O) groups excluding carboxylic acids is 2. The number of hydrogen-bond acceptors (Lipinski definition) is 4. The van der Waals surface area contributed by atoms with Gasteiger partial charge in [0.15, 0.2) is 0 Å². The molecule has 4 heteroatoms. The maximum Gasteiger partial charge on any atom is 0.302 e. The van der Waals surface area contributed by atoms with Crippen LogP contribution in [0.5, 0.6) is 0 Å². The standard InChI is InChI=1S/C23H32O4/c1-4-26-17-9-12-23(14-27-15(2)24)16(13-17)5-6-18-19-7-8-21(25)22(19,3)11-10-20(18)23/h5,13,18-20H,4,6-12,14H2,1-3H3/t18-,19-,20-,22-,23+/m0/s1. The number of fused-ring (bicyclic) bond motifs is 5. The molecule has 5 atom stereocenters. The van der Waals surface area contributed by atoms with E-state index in [2.05, 4.69) is 19.1 Å². The Kier molecular flexibility index (Phi) is 4.72. The Morgan fingerprint density at radius 1 is 1.22 bits per heavy atom. The van der Waals surface area contributed by atoms with Crippen LogP contribution < -0.4 is 0 Å². The van der Waals surface area contributed by atoms with Crippen molar-refractivity contribution < 1.29 is 19.1 Å². The van der Waals surface area contributed by atoms with Gasteiger partial charge in [0.1, 0.15) is 12.4 Å². The van der Waals surface area contributed by atoms with Gasteiger partial charge >= 0.3 is 5.97 Å². The lowest BCUT2D eigenvalue weighted by Crippen LogP contribution is -2.52. The highest BCUT2D eigenvalue weighted by Gasteiger charge is 2.59. The van der Waals surface area contributed by atoms with Gasteiger partial charge in [-0.05, 0) is 68.4 Å². The molecular formula is C23H32O4. The fourth-order valence-corrected chi connectivity index (χ4v) is 6.67. The second kappa shape index (κ2) is 6.79. The molecule has 4 aliphatic carbocycles. The fraction of sp³-hybridized carbons (Fsp3) is 0.739. The van der Waals surface area contributed by atoms with Crippen LogP contribution in [0.1, 0.15) is 65.7 Å². The summed E-state index contributed by atoms with van der Waals surface area (Å²) in [7, 11) is 0. The SMILES string of the molecule is CCOC1=CC2=CC[C@@H]3[C@H](CC[C@]4(C)C(=O)CC[C@@H]34)[C@@]2(COC(C)=O)CC1. The zero-order valence-electron chi connectivity index (χ0n) is 16.9. The lowest BCUT2D eigenvalue weighted by Gasteiger charge is -2.56. The summed E-state index contributed by atoms with van der Waals surface area (Å²) in [6, 6.07) is 0. The molecule has 27 heavy (non-hydrogen) atoms. The van der Waals surface area contributed by atoms with E-state index in [1.165, 1.54) is 12.5 Å². The van der Waals surface area contributed by atoms with Crippen molar-refractivity contribution in [1.29, 1.82) is 0 Å². The Bertz CT molecular complexity index is 705. The quantitative estimate of drug-likeness (QED) is 0.677. The first-order valence-corrected chi connectivity index (χ1v) is 10.6. The normalized spacial score (nSPS) is 40.3. The number of ether oxygens (including phenoxy) is 2. The molecule has 0 amide bonds. The van der Waals surface area contributed by atoms with Crippen molar-refractivity contribution in [2.45, 2.75) is 65.7 Å². The summed E-state index contributed by atoms with van der Waals surface area (Å²) in [4.78, 5) is 24.2. The fourth-order valence-electron chi connectivity index (χ4n) is 6.67. The van der Waals surface area contributed by atoms with Crippen molar-refractivity contribution in [3.05, 3.63) is 23.5 Å². The number of allylic oxidation sites excluding steroid dienone is 3. The van der Waals surface area contributed by atoms with Crippen molar-refractivity contribution in [1.82, 2.24) is 0 Å². The first-order chi connectivity index (χ1) is 12.9. The Balaban J connectivity index is 1.70. The largest absolute Gasteiger partial charge is 0.498 e. The van der Waals surface area contributed by atoms with Crippen LogP contribution in [0.4, 0.5) is 0 Å². The molecule has 2 saturated carbocycles. The molecule has 4 rings (SSSR count). The van der Waals surface area contributed by atoms with Crippen LogP contribution in [0.2, 0.25) is 0 Å².